The Labute approximate surface area is 174 Å². The lowest BCUT2D eigenvalue weighted by Gasteiger charge is -2.44. The third-order valence-electron chi connectivity index (χ3n) is 6.97. The number of pyridine rings is 1. The van der Waals surface area contributed by atoms with Crippen molar-refractivity contribution in [2.75, 3.05) is 13.1 Å². The molecule has 30 heavy (non-hydrogen) atoms. The number of hydrogen-bond acceptors (Lipinski definition) is 4. The van der Waals surface area contributed by atoms with Gasteiger partial charge in [-0.05, 0) is 43.4 Å². The number of aromatic nitrogens is 3. The number of amides is 2. The van der Waals surface area contributed by atoms with Gasteiger partial charge in [0.1, 0.15) is 5.56 Å². The van der Waals surface area contributed by atoms with Gasteiger partial charge in [0, 0.05) is 50.4 Å². The summed E-state index contributed by atoms with van der Waals surface area (Å²) in [5.74, 6) is 0.565. The van der Waals surface area contributed by atoms with Crippen molar-refractivity contribution in [1.82, 2.24) is 24.6 Å². The molecule has 2 bridgehead atoms. The molecule has 5 rings (SSSR count). The van der Waals surface area contributed by atoms with Crippen LogP contribution in [0.4, 0.5) is 0 Å². The predicted octanol–water partition coefficient (Wildman–Crippen LogP) is 1.26. The van der Waals surface area contributed by atoms with Crippen LogP contribution in [0.5, 0.6) is 0 Å². The number of nitrogens with one attached hydrogen (secondary N) is 1. The second-order valence-electron chi connectivity index (χ2n) is 8.89. The first-order chi connectivity index (χ1) is 14.5. The summed E-state index contributed by atoms with van der Waals surface area (Å²) < 4.78 is 3.46. The molecule has 1 N–H and O–H groups in total. The van der Waals surface area contributed by atoms with Gasteiger partial charge in [-0.2, -0.15) is 5.10 Å². The van der Waals surface area contributed by atoms with Crippen LogP contribution in [0.3, 0.4) is 0 Å². The molecule has 2 aromatic rings. The van der Waals surface area contributed by atoms with Crippen molar-refractivity contribution in [3.63, 3.8) is 0 Å². The van der Waals surface area contributed by atoms with Gasteiger partial charge in [0.2, 0.25) is 5.91 Å². The van der Waals surface area contributed by atoms with Crippen LogP contribution in [0.1, 0.15) is 53.3 Å². The third kappa shape index (κ3) is 3.24. The molecule has 1 saturated heterocycles. The summed E-state index contributed by atoms with van der Waals surface area (Å²) in [6, 6.07) is 5.37. The maximum absolute atomic E-state index is 13.1. The number of likely N-dealkylation sites (tertiary alicyclic amines) is 1. The summed E-state index contributed by atoms with van der Waals surface area (Å²) in [6.45, 7) is 2.29. The van der Waals surface area contributed by atoms with Gasteiger partial charge in [-0.25, -0.2) is 0 Å². The lowest BCUT2D eigenvalue weighted by atomic mass is 9.80. The molecule has 2 aromatic heterocycles. The maximum Gasteiger partial charge on any atom is 0.263 e. The Kier molecular flexibility index (Phi) is 4.72. The molecule has 0 aromatic carbocycles. The highest BCUT2D eigenvalue weighted by atomic mass is 16.2. The van der Waals surface area contributed by atoms with E-state index in [-0.39, 0.29) is 40.7 Å². The van der Waals surface area contributed by atoms with Crippen LogP contribution in [0.25, 0.3) is 0 Å². The highest BCUT2D eigenvalue weighted by molar-refractivity contribution is 5.93. The Bertz CT molecular complexity index is 1050. The second kappa shape index (κ2) is 7.41. The van der Waals surface area contributed by atoms with Crippen LogP contribution >= 0.6 is 0 Å². The predicted molar refractivity (Wildman–Crippen MR) is 110 cm³/mol. The molecule has 3 aliphatic rings. The molecule has 2 aliphatic heterocycles. The van der Waals surface area contributed by atoms with Crippen LogP contribution in [-0.2, 0) is 24.9 Å². The average Bonchev–Trinajstić information content (AvgIpc) is 3.10. The highest BCUT2D eigenvalue weighted by Crippen LogP contribution is 2.37. The average molecular weight is 409 g/mol. The first-order valence-electron chi connectivity index (χ1n) is 10.8. The molecule has 8 nitrogen and oxygen atoms in total. The van der Waals surface area contributed by atoms with Crippen molar-refractivity contribution in [2.24, 2.45) is 18.9 Å². The molecule has 4 heterocycles. The molecular formula is C22H27N5O3. The van der Waals surface area contributed by atoms with E-state index in [4.69, 9.17) is 0 Å². The third-order valence-corrected chi connectivity index (χ3v) is 6.97. The van der Waals surface area contributed by atoms with Gasteiger partial charge in [0.05, 0.1) is 12.2 Å². The first kappa shape index (κ1) is 19.1. The number of piperidine rings is 1. The van der Waals surface area contributed by atoms with Gasteiger partial charge in [-0.1, -0.05) is 6.42 Å². The lowest BCUT2D eigenvalue weighted by molar-refractivity contribution is -0.141. The minimum Gasteiger partial charge on any atom is -0.346 e. The SMILES string of the molecule is Cn1nccc1CNC(=O)c1ccc2n(c1=O)C[C@H]1C[C@@H]2CN(C(=O)C2CCC2)C1. The van der Waals surface area contributed by atoms with Crippen molar-refractivity contribution in [1.29, 1.82) is 0 Å². The number of aryl methyl sites for hydroxylation is 1. The molecule has 158 valence electrons. The molecule has 2 atom stereocenters. The molecule has 2 amide bonds. The zero-order valence-electron chi connectivity index (χ0n) is 17.2. The quantitative estimate of drug-likeness (QED) is 0.823. The molecule has 0 spiro atoms. The van der Waals surface area contributed by atoms with E-state index in [9.17, 15) is 14.4 Å². The monoisotopic (exact) mass is 409 g/mol. The van der Waals surface area contributed by atoms with Crippen LogP contribution < -0.4 is 10.9 Å². The molecule has 2 fully saturated rings. The maximum atomic E-state index is 13.1. The zero-order chi connectivity index (χ0) is 20.8. The fraction of sp³-hybridized carbons (Fsp3) is 0.545. The topological polar surface area (TPSA) is 89.2 Å². The number of rotatable bonds is 4. The van der Waals surface area contributed by atoms with E-state index in [0.717, 1.165) is 37.1 Å². The summed E-state index contributed by atoms with van der Waals surface area (Å²) in [6.07, 6.45) is 5.85. The Morgan fingerprint density at radius 3 is 2.70 bits per heavy atom. The highest BCUT2D eigenvalue weighted by Gasteiger charge is 2.39. The fourth-order valence-electron chi connectivity index (χ4n) is 5.05. The lowest BCUT2D eigenvalue weighted by Crippen LogP contribution is -2.51. The summed E-state index contributed by atoms with van der Waals surface area (Å²) in [5, 5.41) is 6.91. The summed E-state index contributed by atoms with van der Waals surface area (Å²) in [7, 11) is 1.81. The number of carbonyl (C=O) groups excluding carboxylic acids is 2. The number of fused-ring (bicyclic) bond motifs is 4. The van der Waals surface area contributed by atoms with Crippen LogP contribution in [0.15, 0.2) is 29.2 Å². The minimum atomic E-state index is -0.367. The Morgan fingerprint density at radius 2 is 2.00 bits per heavy atom. The van der Waals surface area contributed by atoms with E-state index in [2.05, 4.69) is 10.4 Å². The summed E-state index contributed by atoms with van der Waals surface area (Å²) in [4.78, 5) is 40.5. The standard InChI is InChI=1S/C22H27N5O3/c1-25-17(7-8-24-25)10-23-20(28)18-5-6-19-16-9-14(12-27(19)22(18)30)11-26(13-16)21(29)15-3-2-4-15/h5-8,14-16H,2-4,9-13H2,1H3,(H,23,28)/t14-,16+/m0/s1. The van der Waals surface area contributed by atoms with Crippen molar-refractivity contribution in [2.45, 2.75) is 44.7 Å². The van der Waals surface area contributed by atoms with Crippen LogP contribution in [-0.4, -0.2) is 44.2 Å². The van der Waals surface area contributed by atoms with Crippen LogP contribution in [0, 0.1) is 11.8 Å². The van der Waals surface area contributed by atoms with E-state index in [0.29, 0.717) is 26.2 Å². The van der Waals surface area contributed by atoms with Gasteiger partial charge < -0.3 is 14.8 Å². The van der Waals surface area contributed by atoms with Gasteiger partial charge in [-0.3, -0.25) is 19.1 Å². The molecule has 1 aliphatic carbocycles. The molecule has 8 heteroatoms. The zero-order valence-corrected chi connectivity index (χ0v) is 17.2. The largest absolute Gasteiger partial charge is 0.346 e. The first-order valence-corrected chi connectivity index (χ1v) is 10.8. The second-order valence-corrected chi connectivity index (χ2v) is 8.89. The van der Waals surface area contributed by atoms with Crippen molar-refractivity contribution < 1.29 is 9.59 Å². The number of nitrogens with zero attached hydrogens (tertiary/aromatic N) is 4. The Morgan fingerprint density at radius 1 is 1.17 bits per heavy atom. The van der Waals surface area contributed by atoms with Gasteiger partial charge in [0.25, 0.3) is 11.5 Å². The number of hydrogen-bond donors (Lipinski definition) is 1. The smallest absolute Gasteiger partial charge is 0.263 e. The number of carbonyl (C=O) groups is 2. The van der Waals surface area contributed by atoms with Crippen molar-refractivity contribution >= 4 is 11.8 Å². The minimum absolute atomic E-state index is 0.167. The van der Waals surface area contributed by atoms with Gasteiger partial charge in [0.15, 0.2) is 0 Å². The van der Waals surface area contributed by atoms with E-state index in [1.165, 1.54) is 0 Å². The van der Waals surface area contributed by atoms with E-state index >= 15 is 0 Å². The molecule has 0 radical (unpaired) electrons. The van der Waals surface area contributed by atoms with Gasteiger partial charge in [-0.15, -0.1) is 0 Å². The Balaban J connectivity index is 1.34. The normalized spacial score (nSPS) is 22.9. The molecular weight excluding hydrogens is 382 g/mol. The van der Waals surface area contributed by atoms with Crippen LogP contribution in [0.2, 0.25) is 0 Å². The summed E-state index contributed by atoms with van der Waals surface area (Å²) >= 11 is 0. The van der Waals surface area contributed by atoms with E-state index in [1.54, 1.807) is 21.5 Å². The fourth-order valence-corrected chi connectivity index (χ4v) is 5.05. The van der Waals surface area contributed by atoms with E-state index in [1.807, 2.05) is 24.1 Å². The Hall–Kier alpha value is -2.90. The van der Waals surface area contributed by atoms with Gasteiger partial charge >= 0.3 is 0 Å². The van der Waals surface area contributed by atoms with Crippen molar-refractivity contribution in [3.8, 4) is 0 Å². The van der Waals surface area contributed by atoms with Crippen molar-refractivity contribution in [3.05, 3.63) is 51.7 Å². The molecule has 1 saturated carbocycles. The van der Waals surface area contributed by atoms with E-state index < -0.39 is 0 Å². The summed E-state index contributed by atoms with van der Waals surface area (Å²) in [5.41, 5.74) is 1.75. The molecule has 0 unspecified atom stereocenters.